The van der Waals surface area contributed by atoms with E-state index in [1.165, 1.54) is 0 Å². The van der Waals surface area contributed by atoms with Gasteiger partial charge in [0.15, 0.2) is 6.10 Å². The molecule has 2 rings (SSSR count). The molecule has 1 unspecified atom stereocenters. The molecular weight excluding hydrogens is 210 g/mol. The molecule has 5 nitrogen and oxygen atoms in total. The highest BCUT2D eigenvalue weighted by molar-refractivity contribution is 5.74. The smallest absolute Gasteiger partial charge is 0.345 e. The molecule has 0 bridgehead atoms. The van der Waals surface area contributed by atoms with Crippen molar-refractivity contribution in [3.05, 3.63) is 23.8 Å². The summed E-state index contributed by atoms with van der Waals surface area (Å²) in [6.45, 7) is 0.872. The maximum Gasteiger partial charge on any atom is 0.345 e. The molecule has 1 aromatic rings. The van der Waals surface area contributed by atoms with E-state index in [0.29, 0.717) is 31.1 Å². The average Bonchev–Trinajstić information content (AvgIpc) is 2.69. The van der Waals surface area contributed by atoms with E-state index < -0.39 is 12.1 Å². The van der Waals surface area contributed by atoms with E-state index in [1.807, 2.05) is 6.07 Å². The van der Waals surface area contributed by atoms with Crippen LogP contribution in [-0.4, -0.2) is 30.3 Å². The molecule has 1 aromatic carbocycles. The molecule has 0 spiro atoms. The third-order valence-electron chi connectivity index (χ3n) is 2.38. The number of ether oxygens (including phenoxy) is 2. The first-order chi connectivity index (χ1) is 7.70. The summed E-state index contributed by atoms with van der Waals surface area (Å²) in [6.07, 6.45) is -0.373. The Bertz CT molecular complexity index is 405. The lowest BCUT2D eigenvalue weighted by molar-refractivity contribution is -0.144. The van der Waals surface area contributed by atoms with Gasteiger partial charge in [0.2, 0.25) is 0 Å². The van der Waals surface area contributed by atoms with Gasteiger partial charge in [-0.15, -0.1) is 0 Å². The van der Waals surface area contributed by atoms with Crippen LogP contribution < -0.4 is 15.2 Å². The molecule has 1 atom stereocenters. The highest BCUT2D eigenvalue weighted by Crippen LogP contribution is 2.32. The van der Waals surface area contributed by atoms with Crippen molar-refractivity contribution in [2.75, 3.05) is 13.2 Å². The van der Waals surface area contributed by atoms with E-state index in [4.69, 9.17) is 20.3 Å². The monoisotopic (exact) mass is 223 g/mol. The Morgan fingerprint density at radius 3 is 3.12 bits per heavy atom. The van der Waals surface area contributed by atoms with Gasteiger partial charge in [-0.05, 0) is 11.6 Å². The molecule has 0 saturated heterocycles. The molecular formula is C11H13NO4. The Morgan fingerprint density at radius 1 is 1.62 bits per heavy atom. The first-order valence-corrected chi connectivity index (χ1v) is 5.06. The predicted octanol–water partition coefficient (Wildman–Crippen LogP) is 0.412. The Morgan fingerprint density at radius 2 is 2.44 bits per heavy atom. The molecule has 1 heterocycles. The lowest BCUT2D eigenvalue weighted by Gasteiger charge is -2.06. The van der Waals surface area contributed by atoms with Crippen molar-refractivity contribution >= 4 is 5.97 Å². The fourth-order valence-corrected chi connectivity index (χ4v) is 1.61. The van der Waals surface area contributed by atoms with Crippen molar-refractivity contribution in [3.8, 4) is 11.5 Å². The molecule has 0 saturated carbocycles. The van der Waals surface area contributed by atoms with E-state index in [-0.39, 0.29) is 0 Å². The standard InChI is InChI=1S/C11H13NO4/c12-3-4-15-8-2-1-7-5-10(11(13)14)16-9(7)6-8/h1-2,6,10H,3-5,12H2,(H,13,14). The summed E-state index contributed by atoms with van der Waals surface area (Å²) in [5.74, 6) is 0.290. The van der Waals surface area contributed by atoms with E-state index in [1.54, 1.807) is 12.1 Å². The fourth-order valence-electron chi connectivity index (χ4n) is 1.61. The molecule has 5 heteroatoms. The zero-order chi connectivity index (χ0) is 11.5. The number of fused-ring (bicyclic) bond motifs is 1. The normalized spacial score (nSPS) is 17.7. The van der Waals surface area contributed by atoms with Crippen LogP contribution in [0, 0.1) is 0 Å². The van der Waals surface area contributed by atoms with Crippen LogP contribution in [0.1, 0.15) is 5.56 Å². The van der Waals surface area contributed by atoms with Crippen molar-refractivity contribution in [3.63, 3.8) is 0 Å². The molecule has 16 heavy (non-hydrogen) atoms. The van der Waals surface area contributed by atoms with E-state index >= 15 is 0 Å². The Kier molecular flexibility index (Phi) is 2.96. The van der Waals surface area contributed by atoms with E-state index in [0.717, 1.165) is 5.56 Å². The Labute approximate surface area is 92.8 Å². The number of carboxylic acids is 1. The van der Waals surface area contributed by atoms with Gasteiger partial charge in [0.25, 0.3) is 0 Å². The predicted molar refractivity (Wildman–Crippen MR) is 56.7 cm³/mol. The largest absolute Gasteiger partial charge is 0.492 e. The topological polar surface area (TPSA) is 81.8 Å². The van der Waals surface area contributed by atoms with Gasteiger partial charge in [-0.3, -0.25) is 0 Å². The maximum atomic E-state index is 10.8. The van der Waals surface area contributed by atoms with Crippen molar-refractivity contribution in [2.45, 2.75) is 12.5 Å². The molecule has 0 amide bonds. The number of nitrogens with two attached hydrogens (primary N) is 1. The Balaban J connectivity index is 2.11. The number of benzene rings is 1. The number of rotatable bonds is 4. The molecule has 1 aliphatic rings. The lowest BCUT2D eigenvalue weighted by atomic mass is 10.1. The summed E-state index contributed by atoms with van der Waals surface area (Å²) in [7, 11) is 0. The van der Waals surface area contributed by atoms with Gasteiger partial charge in [0, 0.05) is 19.0 Å². The second-order valence-electron chi connectivity index (χ2n) is 3.56. The minimum atomic E-state index is -0.944. The van der Waals surface area contributed by atoms with E-state index in [2.05, 4.69) is 0 Å². The summed E-state index contributed by atoms with van der Waals surface area (Å²) in [5.41, 5.74) is 6.21. The van der Waals surface area contributed by atoms with Crippen LogP contribution in [0.4, 0.5) is 0 Å². The highest BCUT2D eigenvalue weighted by Gasteiger charge is 2.28. The van der Waals surface area contributed by atoms with Gasteiger partial charge < -0.3 is 20.3 Å². The van der Waals surface area contributed by atoms with Crippen LogP contribution in [0.2, 0.25) is 0 Å². The second kappa shape index (κ2) is 4.40. The van der Waals surface area contributed by atoms with Gasteiger partial charge in [0.1, 0.15) is 18.1 Å². The summed E-state index contributed by atoms with van der Waals surface area (Å²) in [5, 5.41) is 8.82. The van der Waals surface area contributed by atoms with Crippen LogP contribution in [0.25, 0.3) is 0 Å². The SMILES string of the molecule is NCCOc1ccc2c(c1)OC(C(=O)O)C2. The van der Waals surface area contributed by atoms with Crippen LogP contribution >= 0.6 is 0 Å². The first kappa shape index (κ1) is 10.8. The highest BCUT2D eigenvalue weighted by atomic mass is 16.5. The summed E-state index contributed by atoms with van der Waals surface area (Å²) < 4.78 is 10.6. The van der Waals surface area contributed by atoms with Gasteiger partial charge >= 0.3 is 5.97 Å². The van der Waals surface area contributed by atoms with Crippen LogP contribution in [0.15, 0.2) is 18.2 Å². The van der Waals surface area contributed by atoms with Gasteiger partial charge in [-0.1, -0.05) is 6.07 Å². The number of carboxylic acid groups (broad SMARTS) is 1. The molecule has 0 fully saturated rings. The number of hydrogen-bond acceptors (Lipinski definition) is 4. The van der Waals surface area contributed by atoms with Crippen LogP contribution in [-0.2, 0) is 11.2 Å². The summed E-state index contributed by atoms with van der Waals surface area (Å²) in [4.78, 5) is 10.8. The number of aliphatic carboxylic acids is 1. The van der Waals surface area contributed by atoms with Crippen LogP contribution in [0.3, 0.4) is 0 Å². The van der Waals surface area contributed by atoms with Gasteiger partial charge in [-0.2, -0.15) is 0 Å². The van der Waals surface area contributed by atoms with Crippen LogP contribution in [0.5, 0.6) is 11.5 Å². The maximum absolute atomic E-state index is 10.8. The molecule has 0 radical (unpaired) electrons. The number of carbonyl (C=O) groups is 1. The molecule has 1 aliphatic heterocycles. The lowest BCUT2D eigenvalue weighted by Crippen LogP contribution is -2.24. The second-order valence-corrected chi connectivity index (χ2v) is 3.56. The Hall–Kier alpha value is -1.75. The van der Waals surface area contributed by atoms with Crippen molar-refractivity contribution in [1.29, 1.82) is 0 Å². The zero-order valence-corrected chi connectivity index (χ0v) is 8.68. The molecule has 0 aromatic heterocycles. The molecule has 3 N–H and O–H groups in total. The molecule has 0 aliphatic carbocycles. The third-order valence-corrected chi connectivity index (χ3v) is 2.38. The van der Waals surface area contributed by atoms with Crippen molar-refractivity contribution < 1.29 is 19.4 Å². The van der Waals surface area contributed by atoms with Crippen molar-refractivity contribution in [2.24, 2.45) is 5.73 Å². The van der Waals surface area contributed by atoms with E-state index in [9.17, 15) is 4.79 Å². The average molecular weight is 223 g/mol. The van der Waals surface area contributed by atoms with Gasteiger partial charge in [-0.25, -0.2) is 4.79 Å². The minimum Gasteiger partial charge on any atom is -0.492 e. The number of hydrogen-bond donors (Lipinski definition) is 2. The fraction of sp³-hybridized carbons (Fsp3) is 0.364. The summed E-state index contributed by atoms with van der Waals surface area (Å²) in [6, 6.07) is 5.32. The summed E-state index contributed by atoms with van der Waals surface area (Å²) >= 11 is 0. The van der Waals surface area contributed by atoms with Gasteiger partial charge in [0.05, 0.1) is 0 Å². The zero-order valence-electron chi connectivity index (χ0n) is 8.68. The minimum absolute atomic E-state index is 0.405. The van der Waals surface area contributed by atoms with Crippen molar-refractivity contribution in [1.82, 2.24) is 0 Å². The molecule has 86 valence electrons. The quantitative estimate of drug-likeness (QED) is 0.772. The first-order valence-electron chi connectivity index (χ1n) is 5.06. The third kappa shape index (κ3) is 2.09.